The minimum Gasteiger partial charge on any atom is -0.218 e. The Morgan fingerprint density at radius 3 is 1.94 bits per heavy atom. The summed E-state index contributed by atoms with van der Waals surface area (Å²) in [6.45, 7) is 6.37. The summed E-state index contributed by atoms with van der Waals surface area (Å²) < 4.78 is 2.01. The van der Waals surface area contributed by atoms with Crippen LogP contribution < -0.4 is 0 Å². The SMILES string of the molecule is Cc1ccc(-c2nn(-c3nc(-c4ccccc4)cs3)c(-c3ccc(C)cc3)c2C)cc1. The van der Waals surface area contributed by atoms with Crippen molar-refractivity contribution >= 4 is 11.3 Å². The Bertz CT molecular complexity index is 1330. The highest BCUT2D eigenvalue weighted by Crippen LogP contribution is 2.35. The molecule has 0 saturated carbocycles. The third kappa shape index (κ3) is 3.71. The zero-order valence-corrected chi connectivity index (χ0v) is 18.6. The van der Waals surface area contributed by atoms with Crippen LogP contribution in [0.1, 0.15) is 16.7 Å². The number of hydrogen-bond donors (Lipinski definition) is 0. The fourth-order valence-corrected chi connectivity index (χ4v) is 4.56. The average molecular weight is 422 g/mol. The molecule has 152 valence electrons. The molecule has 0 aliphatic carbocycles. The third-order valence-corrected chi connectivity index (χ3v) is 6.33. The number of aryl methyl sites for hydroxylation is 2. The first-order valence-corrected chi connectivity index (χ1v) is 11.2. The molecule has 0 aliphatic heterocycles. The van der Waals surface area contributed by atoms with E-state index in [1.165, 1.54) is 11.1 Å². The van der Waals surface area contributed by atoms with Crippen molar-refractivity contribution in [3.8, 4) is 38.9 Å². The van der Waals surface area contributed by atoms with E-state index in [4.69, 9.17) is 10.1 Å². The second kappa shape index (κ2) is 7.97. The molecule has 0 fully saturated rings. The van der Waals surface area contributed by atoms with Gasteiger partial charge >= 0.3 is 0 Å². The van der Waals surface area contributed by atoms with Gasteiger partial charge in [-0.25, -0.2) is 9.67 Å². The van der Waals surface area contributed by atoms with E-state index in [0.717, 1.165) is 44.5 Å². The number of rotatable bonds is 4. The van der Waals surface area contributed by atoms with Gasteiger partial charge in [0.2, 0.25) is 5.13 Å². The standard InChI is InChI=1S/C27H23N3S/c1-18-9-13-22(14-10-18)25-20(3)26(23-15-11-19(2)12-16-23)30(29-25)27-28-24(17-31-27)21-7-5-4-6-8-21/h4-17H,1-3H3. The molecule has 3 aromatic carbocycles. The lowest BCUT2D eigenvalue weighted by molar-refractivity contribution is 0.881. The van der Waals surface area contributed by atoms with Gasteiger partial charge in [-0.05, 0) is 20.8 Å². The van der Waals surface area contributed by atoms with Gasteiger partial charge in [0, 0.05) is 27.6 Å². The number of thiazole rings is 1. The third-order valence-electron chi connectivity index (χ3n) is 5.52. The molecule has 0 bridgehead atoms. The molecule has 3 nitrogen and oxygen atoms in total. The Morgan fingerprint density at radius 1 is 0.677 bits per heavy atom. The fraction of sp³-hybridized carbons (Fsp3) is 0.111. The quantitative estimate of drug-likeness (QED) is 0.306. The van der Waals surface area contributed by atoms with Gasteiger partial charge in [0.1, 0.15) is 0 Å². The lowest BCUT2D eigenvalue weighted by atomic mass is 10.0. The van der Waals surface area contributed by atoms with Gasteiger partial charge in [-0.2, -0.15) is 5.10 Å². The molecule has 0 aliphatic rings. The molecule has 5 aromatic rings. The predicted octanol–water partition coefficient (Wildman–Crippen LogP) is 7.26. The van der Waals surface area contributed by atoms with Crippen LogP contribution >= 0.6 is 11.3 Å². The van der Waals surface area contributed by atoms with Crippen molar-refractivity contribution in [3.63, 3.8) is 0 Å². The van der Waals surface area contributed by atoms with E-state index in [-0.39, 0.29) is 0 Å². The maximum Gasteiger partial charge on any atom is 0.211 e. The molecule has 0 spiro atoms. The highest BCUT2D eigenvalue weighted by atomic mass is 32.1. The molecule has 0 radical (unpaired) electrons. The molecule has 0 saturated heterocycles. The summed E-state index contributed by atoms with van der Waals surface area (Å²) in [7, 11) is 0. The maximum atomic E-state index is 5.05. The summed E-state index contributed by atoms with van der Waals surface area (Å²) >= 11 is 1.62. The van der Waals surface area contributed by atoms with Crippen LogP contribution in [0, 0.1) is 20.8 Å². The minimum atomic E-state index is 0.871. The van der Waals surface area contributed by atoms with Gasteiger partial charge in [0.25, 0.3) is 0 Å². The molecule has 5 rings (SSSR count). The van der Waals surface area contributed by atoms with Crippen LogP contribution in [0.4, 0.5) is 0 Å². The van der Waals surface area contributed by atoms with Crippen LogP contribution in [0.25, 0.3) is 38.9 Å². The van der Waals surface area contributed by atoms with E-state index < -0.39 is 0 Å². The van der Waals surface area contributed by atoms with E-state index in [1.54, 1.807) is 11.3 Å². The van der Waals surface area contributed by atoms with Gasteiger partial charge in [-0.15, -0.1) is 11.3 Å². The Kier molecular flexibility index (Phi) is 5.00. The topological polar surface area (TPSA) is 30.7 Å². The zero-order valence-electron chi connectivity index (χ0n) is 17.8. The van der Waals surface area contributed by atoms with Gasteiger partial charge in [0.15, 0.2) is 0 Å². The first-order valence-electron chi connectivity index (χ1n) is 10.3. The first-order chi connectivity index (χ1) is 15.1. The van der Waals surface area contributed by atoms with Crippen LogP contribution in [-0.2, 0) is 0 Å². The second-order valence-corrected chi connectivity index (χ2v) is 8.68. The van der Waals surface area contributed by atoms with Crippen LogP contribution in [0.2, 0.25) is 0 Å². The van der Waals surface area contributed by atoms with Crippen LogP contribution in [0.5, 0.6) is 0 Å². The molecule has 0 unspecified atom stereocenters. The van der Waals surface area contributed by atoms with Gasteiger partial charge in [-0.3, -0.25) is 0 Å². The molecule has 2 heterocycles. The Balaban J connectivity index is 1.69. The van der Waals surface area contributed by atoms with E-state index in [0.29, 0.717) is 0 Å². The monoisotopic (exact) mass is 421 g/mol. The van der Waals surface area contributed by atoms with Crippen molar-refractivity contribution in [1.82, 2.24) is 14.8 Å². The number of nitrogens with zero attached hydrogens (tertiary/aromatic N) is 3. The molecule has 0 N–H and O–H groups in total. The molecule has 31 heavy (non-hydrogen) atoms. The van der Waals surface area contributed by atoms with Crippen molar-refractivity contribution < 1.29 is 0 Å². The van der Waals surface area contributed by atoms with Crippen LogP contribution in [0.15, 0.2) is 84.2 Å². The van der Waals surface area contributed by atoms with Crippen LogP contribution in [-0.4, -0.2) is 14.8 Å². The average Bonchev–Trinajstić information content (AvgIpc) is 3.41. The summed E-state index contributed by atoms with van der Waals surface area (Å²) in [5.74, 6) is 0. The van der Waals surface area contributed by atoms with Gasteiger partial charge < -0.3 is 0 Å². The van der Waals surface area contributed by atoms with E-state index in [9.17, 15) is 0 Å². The van der Waals surface area contributed by atoms with Crippen LogP contribution in [0.3, 0.4) is 0 Å². The minimum absolute atomic E-state index is 0.871. The normalized spacial score (nSPS) is 11.1. The molecule has 0 amide bonds. The van der Waals surface area contributed by atoms with E-state index in [1.807, 2.05) is 22.9 Å². The molecule has 2 aromatic heterocycles. The largest absolute Gasteiger partial charge is 0.218 e. The van der Waals surface area contributed by atoms with Crippen molar-refractivity contribution in [3.05, 3.63) is 101 Å². The Labute approximate surface area is 186 Å². The summed E-state index contributed by atoms with van der Waals surface area (Å²) in [6, 6.07) is 27.5. The summed E-state index contributed by atoms with van der Waals surface area (Å²) in [4.78, 5) is 4.94. The highest BCUT2D eigenvalue weighted by molar-refractivity contribution is 7.12. The summed E-state index contributed by atoms with van der Waals surface area (Å²) in [6.07, 6.45) is 0. The Morgan fingerprint density at radius 2 is 1.29 bits per heavy atom. The summed E-state index contributed by atoms with van der Waals surface area (Å²) in [5, 5.41) is 8.02. The number of hydrogen-bond acceptors (Lipinski definition) is 3. The zero-order chi connectivity index (χ0) is 21.4. The fourth-order valence-electron chi connectivity index (χ4n) is 3.77. The van der Waals surface area contributed by atoms with Crippen molar-refractivity contribution in [2.24, 2.45) is 0 Å². The lowest BCUT2D eigenvalue weighted by Crippen LogP contribution is -1.99. The Hall–Kier alpha value is -3.50. The maximum absolute atomic E-state index is 5.05. The smallest absolute Gasteiger partial charge is 0.211 e. The molecule has 4 heteroatoms. The number of benzene rings is 3. The van der Waals surface area contributed by atoms with Gasteiger partial charge in [0.05, 0.1) is 17.1 Å². The van der Waals surface area contributed by atoms with E-state index >= 15 is 0 Å². The predicted molar refractivity (Wildman–Crippen MR) is 130 cm³/mol. The highest BCUT2D eigenvalue weighted by Gasteiger charge is 2.20. The van der Waals surface area contributed by atoms with Crippen molar-refractivity contribution in [2.45, 2.75) is 20.8 Å². The van der Waals surface area contributed by atoms with E-state index in [2.05, 4.69) is 86.8 Å². The van der Waals surface area contributed by atoms with Crippen molar-refractivity contribution in [2.75, 3.05) is 0 Å². The first kappa shape index (κ1) is 19.5. The van der Waals surface area contributed by atoms with Crippen molar-refractivity contribution in [1.29, 1.82) is 0 Å². The lowest BCUT2D eigenvalue weighted by Gasteiger charge is -2.06. The van der Waals surface area contributed by atoms with Gasteiger partial charge in [-0.1, -0.05) is 90.0 Å². The molecule has 0 atom stereocenters. The molecular formula is C27H23N3S. The number of aromatic nitrogens is 3. The second-order valence-electron chi connectivity index (χ2n) is 7.85. The summed E-state index contributed by atoms with van der Waals surface area (Å²) in [5.41, 5.74) is 10.1. The molecular weight excluding hydrogens is 398 g/mol.